The molecular formula is C15H16N4OS. The molecule has 0 fully saturated rings. The number of hydrogen-bond donors (Lipinski definition) is 2. The van der Waals surface area contributed by atoms with Gasteiger partial charge in [-0.05, 0) is 18.1 Å². The number of aromatic nitrogens is 2. The van der Waals surface area contributed by atoms with Crippen LogP contribution in [0.25, 0.3) is 0 Å². The van der Waals surface area contributed by atoms with Crippen molar-refractivity contribution in [2.75, 3.05) is 12.0 Å². The van der Waals surface area contributed by atoms with Crippen LogP contribution in [0.15, 0.2) is 24.3 Å². The average molecular weight is 300 g/mol. The van der Waals surface area contributed by atoms with Crippen molar-refractivity contribution in [3.8, 4) is 5.75 Å². The molecule has 3 heterocycles. The smallest absolute Gasteiger partial charge is 0.148 e. The minimum absolute atomic E-state index is 0.183. The van der Waals surface area contributed by atoms with E-state index in [1.165, 1.54) is 5.56 Å². The molecule has 1 aromatic heterocycles. The zero-order valence-corrected chi connectivity index (χ0v) is 12.3. The number of hydrogen-bond acceptors (Lipinski definition) is 6. The molecule has 1 unspecified atom stereocenters. The number of rotatable bonds is 2. The van der Waals surface area contributed by atoms with Crippen LogP contribution in [0.4, 0.5) is 5.82 Å². The topological polar surface area (TPSA) is 73.1 Å². The quantitative estimate of drug-likeness (QED) is 0.654. The van der Waals surface area contributed by atoms with Gasteiger partial charge in [0.1, 0.15) is 17.4 Å². The van der Waals surface area contributed by atoms with Gasteiger partial charge >= 0.3 is 0 Å². The van der Waals surface area contributed by atoms with Gasteiger partial charge in [-0.15, -0.1) is 0 Å². The Morgan fingerprint density at radius 1 is 1.24 bits per heavy atom. The van der Waals surface area contributed by atoms with E-state index < -0.39 is 0 Å². The molecule has 0 saturated heterocycles. The van der Waals surface area contributed by atoms with E-state index in [4.69, 9.17) is 15.6 Å². The van der Waals surface area contributed by atoms with Gasteiger partial charge in [-0.25, -0.2) is 15.8 Å². The summed E-state index contributed by atoms with van der Waals surface area (Å²) < 4.78 is 5.85. The van der Waals surface area contributed by atoms with E-state index in [1.807, 2.05) is 30.0 Å². The summed E-state index contributed by atoms with van der Waals surface area (Å²) in [5.74, 6) is 10.2. The molecule has 5 nitrogen and oxygen atoms in total. The largest absolute Gasteiger partial charge is 0.493 e. The van der Waals surface area contributed by atoms with E-state index in [0.29, 0.717) is 6.61 Å². The van der Waals surface area contributed by atoms with Crippen LogP contribution in [0.5, 0.6) is 5.75 Å². The Labute approximate surface area is 127 Å². The van der Waals surface area contributed by atoms with Crippen molar-refractivity contribution >= 4 is 17.6 Å². The Morgan fingerprint density at radius 3 is 3.05 bits per heavy atom. The molecule has 0 spiro atoms. The first-order valence-electron chi connectivity index (χ1n) is 7.00. The molecule has 0 radical (unpaired) electrons. The fourth-order valence-corrected chi connectivity index (χ4v) is 3.91. The minimum atomic E-state index is 0.183. The van der Waals surface area contributed by atoms with Gasteiger partial charge in [-0.2, -0.15) is 11.8 Å². The lowest BCUT2D eigenvalue weighted by Gasteiger charge is -2.24. The van der Waals surface area contributed by atoms with Crippen molar-refractivity contribution in [1.82, 2.24) is 9.97 Å². The number of anilines is 1. The Kier molecular flexibility index (Phi) is 3.20. The second-order valence-electron chi connectivity index (χ2n) is 5.31. The molecule has 0 amide bonds. The maximum atomic E-state index is 5.85. The fraction of sp³-hybridized carbons (Fsp3) is 0.333. The first kappa shape index (κ1) is 12.9. The van der Waals surface area contributed by atoms with Crippen molar-refractivity contribution < 1.29 is 4.74 Å². The molecule has 0 saturated carbocycles. The molecular weight excluding hydrogens is 284 g/mol. The normalized spacial score (nSPS) is 19.6. The van der Waals surface area contributed by atoms with Gasteiger partial charge in [0, 0.05) is 17.1 Å². The summed E-state index contributed by atoms with van der Waals surface area (Å²) in [5.41, 5.74) is 6.19. The maximum Gasteiger partial charge on any atom is 0.148 e. The lowest BCUT2D eigenvalue weighted by molar-refractivity contribution is 0.257. The van der Waals surface area contributed by atoms with Crippen LogP contribution in [0, 0.1) is 0 Å². The van der Waals surface area contributed by atoms with Crippen molar-refractivity contribution in [1.29, 1.82) is 0 Å². The van der Waals surface area contributed by atoms with Crippen LogP contribution in [0.3, 0.4) is 0 Å². The monoisotopic (exact) mass is 300 g/mol. The van der Waals surface area contributed by atoms with Crippen molar-refractivity contribution in [3.63, 3.8) is 0 Å². The van der Waals surface area contributed by atoms with Gasteiger partial charge in [0.2, 0.25) is 0 Å². The molecule has 6 heteroatoms. The number of benzene rings is 1. The molecule has 2 aliphatic rings. The third kappa shape index (κ3) is 2.24. The molecule has 21 heavy (non-hydrogen) atoms. The van der Waals surface area contributed by atoms with Crippen LogP contribution in [-0.2, 0) is 17.9 Å². The highest BCUT2D eigenvalue weighted by Gasteiger charge is 2.27. The molecule has 2 aromatic rings. The molecule has 1 atom stereocenters. The van der Waals surface area contributed by atoms with Gasteiger partial charge in [0.15, 0.2) is 0 Å². The predicted octanol–water partition coefficient (Wildman–Crippen LogP) is 2.23. The van der Waals surface area contributed by atoms with Crippen LogP contribution in [0.1, 0.15) is 28.6 Å². The number of nitrogens with one attached hydrogen (secondary N) is 1. The SMILES string of the molecule is NNc1nc(C2COc3ccccc3C2)nc2c1CSC2. The Hall–Kier alpha value is -1.79. The van der Waals surface area contributed by atoms with Gasteiger partial charge in [0.25, 0.3) is 0 Å². The Balaban J connectivity index is 1.69. The second-order valence-corrected chi connectivity index (χ2v) is 6.30. The van der Waals surface area contributed by atoms with E-state index in [0.717, 1.165) is 46.6 Å². The first-order valence-corrected chi connectivity index (χ1v) is 8.15. The molecule has 1 aromatic carbocycles. The summed E-state index contributed by atoms with van der Waals surface area (Å²) in [4.78, 5) is 9.37. The van der Waals surface area contributed by atoms with Gasteiger partial charge in [0.05, 0.1) is 18.2 Å². The third-order valence-corrected chi connectivity index (χ3v) is 4.95. The van der Waals surface area contributed by atoms with Crippen LogP contribution in [-0.4, -0.2) is 16.6 Å². The highest BCUT2D eigenvalue weighted by Crippen LogP contribution is 2.36. The molecule has 0 bridgehead atoms. The second kappa shape index (κ2) is 5.20. The Morgan fingerprint density at radius 2 is 2.14 bits per heavy atom. The maximum absolute atomic E-state index is 5.85. The first-order chi connectivity index (χ1) is 10.3. The Bertz CT molecular complexity index is 691. The van der Waals surface area contributed by atoms with Gasteiger partial charge in [-0.1, -0.05) is 18.2 Å². The summed E-state index contributed by atoms with van der Waals surface area (Å²) in [6, 6.07) is 8.15. The predicted molar refractivity (Wildman–Crippen MR) is 83.2 cm³/mol. The number of nitrogen functional groups attached to an aromatic ring is 1. The van der Waals surface area contributed by atoms with Crippen molar-refractivity contribution in [3.05, 3.63) is 46.9 Å². The number of hydrazine groups is 1. The lowest BCUT2D eigenvalue weighted by atomic mass is 9.96. The molecule has 2 aliphatic heterocycles. The number of para-hydroxylation sites is 1. The van der Waals surface area contributed by atoms with E-state index in [2.05, 4.69) is 16.5 Å². The summed E-state index contributed by atoms with van der Waals surface area (Å²) in [6.07, 6.45) is 0.909. The summed E-state index contributed by atoms with van der Waals surface area (Å²) in [5, 5.41) is 0. The molecule has 3 N–H and O–H groups in total. The molecule has 108 valence electrons. The van der Waals surface area contributed by atoms with Gasteiger partial charge in [-0.3, -0.25) is 0 Å². The van der Waals surface area contributed by atoms with Crippen molar-refractivity contribution in [2.45, 2.75) is 23.8 Å². The number of nitrogens with two attached hydrogens (primary N) is 1. The summed E-state index contributed by atoms with van der Waals surface area (Å²) in [6.45, 7) is 0.618. The number of ether oxygens (including phenoxy) is 1. The number of thioether (sulfide) groups is 1. The zero-order valence-electron chi connectivity index (χ0n) is 11.5. The highest BCUT2D eigenvalue weighted by atomic mass is 32.2. The number of nitrogens with zero attached hydrogens (tertiary/aromatic N) is 2. The average Bonchev–Trinajstić information content (AvgIpc) is 3.02. The van der Waals surface area contributed by atoms with E-state index in [-0.39, 0.29) is 5.92 Å². The van der Waals surface area contributed by atoms with E-state index in [9.17, 15) is 0 Å². The zero-order chi connectivity index (χ0) is 14.2. The minimum Gasteiger partial charge on any atom is -0.493 e. The van der Waals surface area contributed by atoms with Crippen LogP contribution in [0.2, 0.25) is 0 Å². The highest BCUT2D eigenvalue weighted by molar-refractivity contribution is 7.98. The number of fused-ring (bicyclic) bond motifs is 2. The fourth-order valence-electron chi connectivity index (χ4n) is 2.87. The summed E-state index contributed by atoms with van der Waals surface area (Å²) in [7, 11) is 0. The van der Waals surface area contributed by atoms with E-state index in [1.54, 1.807) is 0 Å². The van der Waals surface area contributed by atoms with Crippen LogP contribution >= 0.6 is 11.8 Å². The molecule has 4 rings (SSSR count). The van der Waals surface area contributed by atoms with Gasteiger partial charge < -0.3 is 10.2 Å². The lowest BCUT2D eigenvalue weighted by Crippen LogP contribution is -2.23. The summed E-state index contributed by atoms with van der Waals surface area (Å²) >= 11 is 1.85. The molecule has 0 aliphatic carbocycles. The van der Waals surface area contributed by atoms with E-state index >= 15 is 0 Å². The standard InChI is InChI=1S/C15H16N4OS/c16-19-15-11-7-21-8-12(11)17-14(18-15)10-5-9-3-1-2-4-13(9)20-6-10/h1-4,10H,5-8,16H2,(H,17,18,19). The third-order valence-electron chi connectivity index (χ3n) is 3.98. The van der Waals surface area contributed by atoms with Crippen LogP contribution < -0.4 is 16.0 Å². The van der Waals surface area contributed by atoms with Crippen molar-refractivity contribution in [2.24, 2.45) is 5.84 Å².